The number of benzene rings is 3. The number of halogens is 2. The fourth-order valence-corrected chi connectivity index (χ4v) is 5.65. The van der Waals surface area contributed by atoms with Crippen molar-refractivity contribution in [3.8, 4) is 5.75 Å². The highest BCUT2D eigenvalue weighted by atomic mass is 35.5. The van der Waals surface area contributed by atoms with Crippen LogP contribution in [0.2, 0.25) is 5.02 Å². The van der Waals surface area contributed by atoms with Gasteiger partial charge in [0.25, 0.3) is 11.8 Å². The van der Waals surface area contributed by atoms with Crippen molar-refractivity contribution in [1.82, 2.24) is 15.5 Å². The lowest BCUT2D eigenvalue weighted by Crippen LogP contribution is -2.55. The Morgan fingerprint density at radius 2 is 1.64 bits per heavy atom. The number of carbonyl (C=O) groups excluding carboxylic acids is 2. The van der Waals surface area contributed by atoms with Crippen LogP contribution >= 0.6 is 11.6 Å². The highest BCUT2D eigenvalue weighted by Crippen LogP contribution is 2.36. The Morgan fingerprint density at radius 1 is 1.00 bits per heavy atom. The second kappa shape index (κ2) is 13.7. The summed E-state index contributed by atoms with van der Waals surface area (Å²) in [6.45, 7) is 4.04. The summed E-state index contributed by atoms with van der Waals surface area (Å²) in [6.07, 6.45) is 4.67. The number of nitrogens with zero attached hydrogens (tertiary/aromatic N) is 1. The normalized spacial score (nSPS) is 18.9. The topological polar surface area (TPSA) is 70.7 Å². The van der Waals surface area contributed by atoms with E-state index in [1.165, 1.54) is 6.07 Å². The summed E-state index contributed by atoms with van der Waals surface area (Å²) >= 11 is 5.88. The Hall–Kier alpha value is -3.42. The number of nitrogens with one attached hydrogen (secondary N) is 2. The summed E-state index contributed by atoms with van der Waals surface area (Å²) < 4.78 is 20.5. The number of hydrogen-bond donors (Lipinski definition) is 2. The first-order valence-electron chi connectivity index (χ1n) is 14.5. The fourth-order valence-electron chi connectivity index (χ4n) is 5.53. The number of carbonyl (C=O) groups is 2. The van der Waals surface area contributed by atoms with E-state index in [1.807, 2.05) is 36.4 Å². The average Bonchev–Trinajstić information content (AvgIpc) is 2.96. The van der Waals surface area contributed by atoms with E-state index in [0.717, 1.165) is 36.8 Å². The first-order chi connectivity index (χ1) is 20.0. The predicted molar refractivity (Wildman–Crippen MR) is 166 cm³/mol. The van der Waals surface area contributed by atoms with Gasteiger partial charge < -0.3 is 20.3 Å². The molecule has 8 heteroatoms. The minimum absolute atomic E-state index is 0.0412. The number of ether oxygens (including phenoxy) is 1. The molecule has 1 aliphatic carbocycles. The number of rotatable bonds is 11. The van der Waals surface area contributed by atoms with Crippen LogP contribution in [-0.2, 0) is 17.6 Å². The first kappa shape index (κ1) is 31.5. The molecule has 4 rings (SSSR count). The van der Waals surface area contributed by atoms with Crippen LogP contribution in [0.5, 0.6) is 5.75 Å². The van der Waals surface area contributed by atoms with Crippen molar-refractivity contribution in [1.29, 1.82) is 0 Å². The van der Waals surface area contributed by atoms with Gasteiger partial charge in [-0.3, -0.25) is 9.59 Å². The van der Waals surface area contributed by atoms with E-state index in [-0.39, 0.29) is 29.2 Å². The summed E-state index contributed by atoms with van der Waals surface area (Å²) in [5.41, 5.74) is 1.14. The third kappa shape index (κ3) is 8.11. The van der Waals surface area contributed by atoms with Gasteiger partial charge in [0.05, 0.1) is 0 Å². The van der Waals surface area contributed by atoms with Gasteiger partial charge in [0, 0.05) is 28.7 Å². The molecule has 0 unspecified atom stereocenters. The molecule has 1 fully saturated rings. The van der Waals surface area contributed by atoms with Gasteiger partial charge in [-0.2, -0.15) is 0 Å². The van der Waals surface area contributed by atoms with Crippen LogP contribution in [0, 0.1) is 5.82 Å². The van der Waals surface area contributed by atoms with Crippen molar-refractivity contribution in [2.45, 2.75) is 69.6 Å². The third-order valence-corrected chi connectivity index (χ3v) is 8.58. The molecule has 0 saturated heterocycles. The van der Waals surface area contributed by atoms with E-state index in [1.54, 1.807) is 44.2 Å². The number of likely N-dealkylation sites (N-methyl/N-ethyl adjacent to an activating group) is 1. The maximum atomic E-state index is 14.4. The Morgan fingerprint density at radius 3 is 2.26 bits per heavy atom. The highest BCUT2D eigenvalue weighted by molar-refractivity contribution is 6.30. The standard InChI is InChI=1S/C34H41ClFN3O3/c1-33(2,42-29-15-9-24(10-16-29)19-22-37-31(40)25-11-13-27(35)14-12-25)32(41)38-28-17-20-34(21-18-28,39(3)4)23-26-7-5-6-8-30(26)36/h5-16,28H,17-23H2,1-4H3,(H,37,40)(H,38,41). The monoisotopic (exact) mass is 593 g/mol. The van der Waals surface area contributed by atoms with Crippen LogP contribution in [0.25, 0.3) is 0 Å². The molecular weight excluding hydrogens is 553 g/mol. The summed E-state index contributed by atoms with van der Waals surface area (Å²) in [5, 5.41) is 6.70. The largest absolute Gasteiger partial charge is 0.478 e. The summed E-state index contributed by atoms with van der Waals surface area (Å²) in [6, 6.07) is 21.4. The zero-order valence-corrected chi connectivity index (χ0v) is 25.6. The van der Waals surface area contributed by atoms with Gasteiger partial charge in [0.1, 0.15) is 11.6 Å². The predicted octanol–water partition coefficient (Wildman–Crippen LogP) is 6.21. The molecule has 0 radical (unpaired) electrons. The molecule has 0 aromatic heterocycles. The Labute approximate surface area is 253 Å². The quantitative estimate of drug-likeness (QED) is 0.277. The van der Waals surface area contributed by atoms with Crippen LogP contribution in [0.3, 0.4) is 0 Å². The van der Waals surface area contributed by atoms with E-state index < -0.39 is 5.60 Å². The lowest BCUT2D eigenvalue weighted by atomic mass is 9.74. The molecule has 1 saturated carbocycles. The first-order valence-corrected chi connectivity index (χ1v) is 14.9. The second-order valence-corrected chi connectivity index (χ2v) is 12.3. The summed E-state index contributed by atoms with van der Waals surface area (Å²) in [5.74, 6) is 0.133. The Balaban J connectivity index is 1.25. The SMILES string of the molecule is CN(C)C1(Cc2ccccc2F)CCC(NC(=O)C(C)(C)Oc2ccc(CCNC(=O)c3ccc(Cl)cc3)cc2)CC1. The third-order valence-electron chi connectivity index (χ3n) is 8.33. The summed E-state index contributed by atoms with van der Waals surface area (Å²) in [4.78, 5) is 27.7. The van der Waals surface area contributed by atoms with Crippen molar-refractivity contribution in [2.24, 2.45) is 0 Å². The summed E-state index contributed by atoms with van der Waals surface area (Å²) in [7, 11) is 4.11. The minimum atomic E-state index is -1.06. The fraction of sp³-hybridized carbons (Fsp3) is 0.412. The van der Waals surface area contributed by atoms with E-state index in [0.29, 0.717) is 35.7 Å². The molecule has 0 aliphatic heterocycles. The molecular formula is C34H41ClFN3O3. The molecule has 1 aliphatic rings. The van der Waals surface area contributed by atoms with Gasteiger partial charge in [0.15, 0.2) is 5.60 Å². The number of hydrogen-bond acceptors (Lipinski definition) is 4. The lowest BCUT2D eigenvalue weighted by molar-refractivity contribution is -0.135. The molecule has 0 spiro atoms. The number of amides is 2. The van der Waals surface area contributed by atoms with Crippen LogP contribution < -0.4 is 15.4 Å². The van der Waals surface area contributed by atoms with E-state index in [2.05, 4.69) is 29.6 Å². The minimum Gasteiger partial charge on any atom is -0.478 e. The molecule has 2 N–H and O–H groups in total. The van der Waals surface area contributed by atoms with E-state index in [4.69, 9.17) is 16.3 Å². The molecule has 42 heavy (non-hydrogen) atoms. The van der Waals surface area contributed by atoms with Gasteiger partial charge in [-0.25, -0.2) is 4.39 Å². The van der Waals surface area contributed by atoms with Gasteiger partial charge in [-0.15, -0.1) is 0 Å². The molecule has 0 atom stereocenters. The van der Waals surface area contributed by atoms with Crippen LogP contribution in [0.4, 0.5) is 4.39 Å². The molecule has 0 bridgehead atoms. The average molecular weight is 594 g/mol. The van der Waals surface area contributed by atoms with Crippen LogP contribution in [-0.4, -0.2) is 54.5 Å². The highest BCUT2D eigenvalue weighted by Gasteiger charge is 2.40. The molecule has 3 aromatic carbocycles. The van der Waals surface area contributed by atoms with Gasteiger partial charge in [-0.1, -0.05) is 41.9 Å². The molecule has 224 valence electrons. The van der Waals surface area contributed by atoms with Crippen LogP contribution in [0.1, 0.15) is 61.0 Å². The zero-order valence-electron chi connectivity index (χ0n) is 24.9. The van der Waals surface area contributed by atoms with Gasteiger partial charge in [0.2, 0.25) is 0 Å². The van der Waals surface area contributed by atoms with Crippen LogP contribution in [0.15, 0.2) is 72.8 Å². The van der Waals surface area contributed by atoms with E-state index >= 15 is 0 Å². The van der Waals surface area contributed by atoms with Crippen molar-refractivity contribution >= 4 is 23.4 Å². The molecule has 0 heterocycles. The zero-order chi connectivity index (χ0) is 30.3. The van der Waals surface area contributed by atoms with E-state index in [9.17, 15) is 14.0 Å². The lowest BCUT2D eigenvalue weighted by Gasteiger charge is -2.46. The molecule has 2 amide bonds. The second-order valence-electron chi connectivity index (χ2n) is 11.9. The molecule has 6 nitrogen and oxygen atoms in total. The molecule has 3 aromatic rings. The Bertz CT molecular complexity index is 1350. The van der Waals surface area contributed by atoms with Crippen molar-refractivity contribution in [3.05, 3.63) is 100 Å². The van der Waals surface area contributed by atoms with Crippen molar-refractivity contribution in [3.63, 3.8) is 0 Å². The smallest absolute Gasteiger partial charge is 0.263 e. The van der Waals surface area contributed by atoms with Gasteiger partial charge >= 0.3 is 0 Å². The maximum Gasteiger partial charge on any atom is 0.263 e. The maximum absolute atomic E-state index is 14.4. The van der Waals surface area contributed by atoms with Crippen molar-refractivity contribution in [2.75, 3.05) is 20.6 Å². The Kier molecular flexibility index (Phi) is 10.3. The van der Waals surface area contributed by atoms with Crippen molar-refractivity contribution < 1.29 is 18.7 Å². The van der Waals surface area contributed by atoms with Gasteiger partial charge in [-0.05, 0) is 120 Å².